The Balaban J connectivity index is 2.10. The summed E-state index contributed by atoms with van der Waals surface area (Å²) in [5.41, 5.74) is 1.77. The molecule has 0 fully saturated rings. The first-order valence-corrected chi connectivity index (χ1v) is 6.69. The maximum atomic E-state index is 13.1. The van der Waals surface area contributed by atoms with E-state index in [2.05, 4.69) is 0 Å². The number of aromatic carboxylic acids is 1. The number of aromatic nitrogens is 1. The Kier molecular flexibility index (Phi) is 3.39. The molecule has 0 saturated carbocycles. The third kappa shape index (κ3) is 2.50. The molecule has 0 saturated heterocycles. The molecular weight excluding hydrogens is 293 g/mol. The highest BCUT2D eigenvalue weighted by Gasteiger charge is 2.14. The SMILES string of the molecule is O=C(O)c1cn(Cc2ccc(F)cc2Cl)c2ccccc12. The van der Waals surface area contributed by atoms with E-state index in [0.717, 1.165) is 11.1 Å². The largest absolute Gasteiger partial charge is 0.478 e. The number of para-hydroxylation sites is 1. The lowest BCUT2D eigenvalue weighted by Crippen LogP contribution is -2.00. The molecule has 0 atom stereocenters. The lowest BCUT2D eigenvalue weighted by molar-refractivity contribution is 0.0699. The van der Waals surface area contributed by atoms with Crippen molar-refractivity contribution in [2.45, 2.75) is 6.54 Å². The molecule has 21 heavy (non-hydrogen) atoms. The van der Waals surface area contributed by atoms with E-state index in [1.807, 2.05) is 12.1 Å². The average molecular weight is 304 g/mol. The Bertz CT molecular complexity index is 841. The van der Waals surface area contributed by atoms with Crippen LogP contribution < -0.4 is 0 Å². The highest BCUT2D eigenvalue weighted by molar-refractivity contribution is 6.31. The fourth-order valence-electron chi connectivity index (χ4n) is 2.38. The van der Waals surface area contributed by atoms with E-state index in [-0.39, 0.29) is 5.56 Å². The molecule has 0 bridgehead atoms. The van der Waals surface area contributed by atoms with Gasteiger partial charge in [0.15, 0.2) is 0 Å². The van der Waals surface area contributed by atoms with Crippen molar-refractivity contribution in [1.82, 2.24) is 4.57 Å². The summed E-state index contributed by atoms with van der Waals surface area (Å²) in [6.45, 7) is 0.382. The Hall–Kier alpha value is -2.33. The summed E-state index contributed by atoms with van der Waals surface area (Å²) in [5, 5.41) is 10.3. The minimum absolute atomic E-state index is 0.240. The number of fused-ring (bicyclic) bond motifs is 1. The van der Waals surface area contributed by atoms with Gasteiger partial charge in [-0.25, -0.2) is 9.18 Å². The number of nitrogens with zero attached hydrogens (tertiary/aromatic N) is 1. The number of carboxylic acid groups (broad SMARTS) is 1. The van der Waals surface area contributed by atoms with Crippen molar-refractivity contribution in [3.63, 3.8) is 0 Å². The summed E-state index contributed by atoms with van der Waals surface area (Å²) in [5.74, 6) is -1.37. The molecule has 0 amide bonds. The number of halogens is 2. The van der Waals surface area contributed by atoms with Crippen LogP contribution >= 0.6 is 11.6 Å². The van der Waals surface area contributed by atoms with Crippen LogP contribution in [0, 0.1) is 5.82 Å². The highest BCUT2D eigenvalue weighted by Crippen LogP contribution is 2.25. The van der Waals surface area contributed by atoms with Gasteiger partial charge < -0.3 is 9.67 Å². The molecule has 106 valence electrons. The smallest absolute Gasteiger partial charge is 0.337 e. The van der Waals surface area contributed by atoms with Gasteiger partial charge in [0.1, 0.15) is 5.82 Å². The van der Waals surface area contributed by atoms with E-state index < -0.39 is 11.8 Å². The van der Waals surface area contributed by atoms with Gasteiger partial charge in [0.2, 0.25) is 0 Å². The molecule has 3 rings (SSSR count). The zero-order valence-electron chi connectivity index (χ0n) is 10.9. The number of rotatable bonds is 3. The summed E-state index contributed by atoms with van der Waals surface area (Å²) in [7, 11) is 0. The van der Waals surface area contributed by atoms with E-state index in [1.165, 1.54) is 12.1 Å². The maximum Gasteiger partial charge on any atom is 0.337 e. The molecule has 5 heteroatoms. The molecule has 3 nitrogen and oxygen atoms in total. The number of hydrogen-bond donors (Lipinski definition) is 1. The van der Waals surface area contributed by atoms with Gasteiger partial charge in [0.05, 0.1) is 5.56 Å². The second kappa shape index (κ2) is 5.22. The van der Waals surface area contributed by atoms with Crippen LogP contribution in [-0.4, -0.2) is 15.6 Å². The van der Waals surface area contributed by atoms with Crippen LogP contribution in [0.1, 0.15) is 15.9 Å². The monoisotopic (exact) mass is 303 g/mol. The van der Waals surface area contributed by atoms with Crippen LogP contribution in [0.5, 0.6) is 0 Å². The van der Waals surface area contributed by atoms with E-state index in [9.17, 15) is 14.3 Å². The van der Waals surface area contributed by atoms with Crippen LogP contribution in [0.25, 0.3) is 10.9 Å². The summed E-state index contributed by atoms with van der Waals surface area (Å²) < 4.78 is 14.9. The van der Waals surface area contributed by atoms with Crippen molar-refractivity contribution in [2.75, 3.05) is 0 Å². The molecule has 1 aromatic heterocycles. The van der Waals surface area contributed by atoms with Crippen molar-refractivity contribution in [2.24, 2.45) is 0 Å². The Morgan fingerprint density at radius 3 is 2.71 bits per heavy atom. The molecule has 1 N–H and O–H groups in total. The number of hydrogen-bond acceptors (Lipinski definition) is 1. The van der Waals surface area contributed by atoms with Gasteiger partial charge in [-0.1, -0.05) is 35.9 Å². The highest BCUT2D eigenvalue weighted by atomic mass is 35.5. The topological polar surface area (TPSA) is 42.2 Å². The van der Waals surface area contributed by atoms with Crippen molar-refractivity contribution in [3.8, 4) is 0 Å². The zero-order valence-corrected chi connectivity index (χ0v) is 11.6. The van der Waals surface area contributed by atoms with Gasteiger partial charge in [-0.3, -0.25) is 0 Å². The summed E-state index contributed by atoms with van der Waals surface area (Å²) in [6, 6.07) is 11.4. The molecule has 3 aromatic rings. The van der Waals surface area contributed by atoms with Gasteiger partial charge in [0.25, 0.3) is 0 Å². The van der Waals surface area contributed by atoms with E-state index in [0.29, 0.717) is 17.0 Å². The molecular formula is C16H11ClFNO2. The fourth-order valence-corrected chi connectivity index (χ4v) is 2.61. The number of carbonyl (C=O) groups is 1. The molecule has 0 aliphatic rings. The maximum absolute atomic E-state index is 13.1. The molecule has 2 aromatic carbocycles. The first-order chi connectivity index (χ1) is 10.1. The van der Waals surface area contributed by atoms with Gasteiger partial charge in [-0.05, 0) is 23.8 Å². The Morgan fingerprint density at radius 1 is 1.24 bits per heavy atom. The zero-order chi connectivity index (χ0) is 15.0. The van der Waals surface area contributed by atoms with E-state index in [4.69, 9.17) is 11.6 Å². The third-order valence-corrected chi connectivity index (χ3v) is 3.73. The standard InChI is InChI=1S/C16H11ClFNO2/c17-14-7-11(18)6-5-10(14)8-19-9-13(16(20)21)12-3-1-2-4-15(12)19/h1-7,9H,8H2,(H,20,21). The first kappa shape index (κ1) is 13.6. The molecule has 0 aliphatic carbocycles. The molecule has 0 unspecified atom stereocenters. The van der Waals surface area contributed by atoms with E-state index in [1.54, 1.807) is 29.0 Å². The van der Waals surface area contributed by atoms with Crippen molar-refractivity contribution in [1.29, 1.82) is 0 Å². The van der Waals surface area contributed by atoms with Gasteiger partial charge >= 0.3 is 5.97 Å². The molecule has 1 heterocycles. The number of benzene rings is 2. The van der Waals surface area contributed by atoms with Crippen molar-refractivity contribution < 1.29 is 14.3 Å². The van der Waals surface area contributed by atoms with Crippen LogP contribution in [0.4, 0.5) is 4.39 Å². The fraction of sp³-hybridized carbons (Fsp3) is 0.0625. The second-order valence-electron chi connectivity index (χ2n) is 4.73. The van der Waals surface area contributed by atoms with Crippen LogP contribution in [-0.2, 0) is 6.54 Å². The van der Waals surface area contributed by atoms with Crippen LogP contribution in [0.2, 0.25) is 5.02 Å². The lowest BCUT2D eigenvalue weighted by Gasteiger charge is -2.07. The molecule has 0 spiro atoms. The normalized spacial score (nSPS) is 11.0. The predicted molar refractivity (Wildman–Crippen MR) is 79.4 cm³/mol. The van der Waals surface area contributed by atoms with Crippen molar-refractivity contribution in [3.05, 3.63) is 70.6 Å². The summed E-state index contributed by atoms with van der Waals surface area (Å²) >= 11 is 6.03. The first-order valence-electron chi connectivity index (χ1n) is 6.31. The average Bonchev–Trinajstić information content (AvgIpc) is 2.81. The minimum Gasteiger partial charge on any atom is -0.478 e. The third-order valence-electron chi connectivity index (χ3n) is 3.37. The Labute approximate surface area is 125 Å². The second-order valence-corrected chi connectivity index (χ2v) is 5.14. The predicted octanol–water partition coefficient (Wildman–Crippen LogP) is 4.18. The van der Waals surface area contributed by atoms with Crippen LogP contribution in [0.3, 0.4) is 0 Å². The summed E-state index contributed by atoms with van der Waals surface area (Å²) in [6.07, 6.45) is 1.58. The van der Waals surface area contributed by atoms with Gasteiger partial charge in [0, 0.05) is 28.7 Å². The Morgan fingerprint density at radius 2 is 2.00 bits per heavy atom. The quantitative estimate of drug-likeness (QED) is 0.788. The molecule has 0 aliphatic heterocycles. The number of carboxylic acids is 1. The minimum atomic E-state index is -0.977. The lowest BCUT2D eigenvalue weighted by atomic mass is 10.2. The van der Waals surface area contributed by atoms with E-state index >= 15 is 0 Å². The molecule has 0 radical (unpaired) electrons. The summed E-state index contributed by atoms with van der Waals surface area (Å²) in [4.78, 5) is 11.3. The van der Waals surface area contributed by atoms with Crippen LogP contribution in [0.15, 0.2) is 48.7 Å². The van der Waals surface area contributed by atoms with Gasteiger partial charge in [-0.15, -0.1) is 0 Å². The van der Waals surface area contributed by atoms with Gasteiger partial charge in [-0.2, -0.15) is 0 Å². The van der Waals surface area contributed by atoms with Crippen molar-refractivity contribution >= 4 is 28.5 Å².